The molecule has 1 aromatic rings. The number of piperidine rings is 1. The first-order valence-electron chi connectivity index (χ1n) is 9.73. The number of carbonyl (C=O) groups is 3. The van der Waals surface area contributed by atoms with Gasteiger partial charge in [-0.05, 0) is 50.8 Å². The second kappa shape index (κ2) is 8.95. The van der Waals surface area contributed by atoms with Gasteiger partial charge in [0.15, 0.2) is 11.5 Å². The van der Waals surface area contributed by atoms with Crippen LogP contribution in [0.5, 0.6) is 11.5 Å². The molecule has 3 rings (SSSR count). The summed E-state index contributed by atoms with van der Waals surface area (Å²) in [5.74, 6) is 0.554. The summed E-state index contributed by atoms with van der Waals surface area (Å²) in [6, 6.07) is 4.83. The van der Waals surface area contributed by atoms with Crippen LogP contribution in [-0.4, -0.2) is 49.4 Å². The Labute approximate surface area is 164 Å². The molecule has 2 aliphatic rings. The molecule has 1 aromatic carbocycles. The summed E-state index contributed by atoms with van der Waals surface area (Å²) >= 11 is 0. The number of likely N-dealkylation sites (tertiary alicyclic amines) is 1. The summed E-state index contributed by atoms with van der Waals surface area (Å²) in [5, 5.41) is 0. The molecule has 1 saturated carbocycles. The van der Waals surface area contributed by atoms with Gasteiger partial charge in [0.05, 0.1) is 13.7 Å². The van der Waals surface area contributed by atoms with Crippen LogP contribution in [0.15, 0.2) is 18.2 Å². The van der Waals surface area contributed by atoms with E-state index in [9.17, 15) is 14.4 Å². The fraction of sp³-hybridized carbons (Fsp3) is 0.550. The standard InChI is InChI=1S/C20H27N3O5/c1-3-28-16-7-6-15(12-17(16)27-2)19(25)22-21-18(24)13-8-10-23(11-9-13)20(26)14-4-5-14/h6-7,12-14H,3-5,8-11H2,1-2H3,(H,21,24)(H,22,25). The predicted molar refractivity (Wildman–Crippen MR) is 102 cm³/mol. The lowest BCUT2D eigenvalue weighted by atomic mass is 9.96. The minimum Gasteiger partial charge on any atom is -0.493 e. The SMILES string of the molecule is CCOc1ccc(C(=O)NNC(=O)C2CCN(C(=O)C3CC3)CC2)cc1OC. The minimum absolute atomic E-state index is 0.204. The normalized spacial score (nSPS) is 17.0. The molecule has 28 heavy (non-hydrogen) atoms. The fourth-order valence-corrected chi connectivity index (χ4v) is 3.33. The van der Waals surface area contributed by atoms with Gasteiger partial charge in [-0.2, -0.15) is 0 Å². The van der Waals surface area contributed by atoms with E-state index < -0.39 is 5.91 Å². The van der Waals surface area contributed by atoms with Gasteiger partial charge in [-0.3, -0.25) is 25.2 Å². The van der Waals surface area contributed by atoms with Crippen LogP contribution in [0.2, 0.25) is 0 Å². The maximum atomic E-state index is 12.3. The Morgan fingerprint density at radius 2 is 1.75 bits per heavy atom. The summed E-state index contributed by atoms with van der Waals surface area (Å²) in [6.07, 6.45) is 3.19. The molecule has 1 saturated heterocycles. The third-order valence-electron chi connectivity index (χ3n) is 5.13. The highest BCUT2D eigenvalue weighted by Gasteiger charge is 2.36. The van der Waals surface area contributed by atoms with E-state index in [1.165, 1.54) is 7.11 Å². The van der Waals surface area contributed by atoms with Gasteiger partial charge < -0.3 is 14.4 Å². The van der Waals surface area contributed by atoms with E-state index in [4.69, 9.17) is 9.47 Å². The summed E-state index contributed by atoms with van der Waals surface area (Å²) < 4.78 is 10.7. The molecule has 1 heterocycles. The van der Waals surface area contributed by atoms with Gasteiger partial charge in [-0.25, -0.2) is 0 Å². The summed E-state index contributed by atoms with van der Waals surface area (Å²) in [6.45, 7) is 3.54. The van der Waals surface area contributed by atoms with E-state index in [1.54, 1.807) is 18.2 Å². The first-order valence-corrected chi connectivity index (χ1v) is 9.73. The van der Waals surface area contributed by atoms with E-state index in [0.29, 0.717) is 49.6 Å². The molecule has 3 amide bonds. The predicted octanol–water partition coefficient (Wildman–Crippen LogP) is 1.50. The van der Waals surface area contributed by atoms with Gasteiger partial charge in [0.25, 0.3) is 5.91 Å². The molecule has 1 aliphatic carbocycles. The Bertz CT molecular complexity index is 739. The number of ether oxygens (including phenoxy) is 2. The second-order valence-corrected chi connectivity index (χ2v) is 7.12. The number of hydrogen-bond acceptors (Lipinski definition) is 5. The molecule has 2 fully saturated rings. The molecule has 152 valence electrons. The van der Waals surface area contributed by atoms with Crippen molar-refractivity contribution in [3.63, 3.8) is 0 Å². The number of nitrogens with zero attached hydrogens (tertiary/aromatic N) is 1. The average molecular weight is 389 g/mol. The lowest BCUT2D eigenvalue weighted by molar-refractivity contribution is -0.136. The number of nitrogens with one attached hydrogen (secondary N) is 2. The van der Waals surface area contributed by atoms with Crippen LogP contribution in [-0.2, 0) is 9.59 Å². The molecule has 0 atom stereocenters. The molecule has 0 bridgehead atoms. The number of carbonyl (C=O) groups excluding carboxylic acids is 3. The lowest BCUT2D eigenvalue weighted by Crippen LogP contribution is -2.48. The zero-order chi connectivity index (χ0) is 20.1. The van der Waals surface area contributed by atoms with E-state index in [-0.39, 0.29) is 23.7 Å². The van der Waals surface area contributed by atoms with Crippen LogP contribution in [0.25, 0.3) is 0 Å². The zero-order valence-corrected chi connectivity index (χ0v) is 16.3. The minimum atomic E-state index is -0.434. The van der Waals surface area contributed by atoms with Crippen molar-refractivity contribution in [2.45, 2.75) is 32.6 Å². The fourth-order valence-electron chi connectivity index (χ4n) is 3.33. The Balaban J connectivity index is 1.48. The number of methoxy groups -OCH3 is 1. The zero-order valence-electron chi connectivity index (χ0n) is 16.3. The maximum absolute atomic E-state index is 12.3. The molecule has 8 heteroatoms. The van der Waals surface area contributed by atoms with Gasteiger partial charge in [0, 0.05) is 30.5 Å². The number of rotatable bonds is 6. The molecule has 0 aromatic heterocycles. The average Bonchev–Trinajstić information content (AvgIpc) is 3.57. The lowest BCUT2D eigenvalue weighted by Gasteiger charge is -2.31. The number of benzene rings is 1. The Kier molecular flexibility index (Phi) is 6.38. The summed E-state index contributed by atoms with van der Waals surface area (Å²) in [4.78, 5) is 38.6. The molecule has 1 aliphatic heterocycles. The van der Waals surface area contributed by atoms with Crippen molar-refractivity contribution in [2.24, 2.45) is 11.8 Å². The third-order valence-corrected chi connectivity index (χ3v) is 5.13. The Hall–Kier alpha value is -2.77. The van der Waals surface area contributed by atoms with Crippen LogP contribution >= 0.6 is 0 Å². The highest BCUT2D eigenvalue weighted by atomic mass is 16.5. The van der Waals surface area contributed by atoms with Crippen molar-refractivity contribution in [1.82, 2.24) is 15.8 Å². The van der Waals surface area contributed by atoms with E-state index in [0.717, 1.165) is 12.8 Å². The quantitative estimate of drug-likeness (QED) is 0.719. The molecular formula is C20H27N3O5. The van der Waals surface area contributed by atoms with E-state index >= 15 is 0 Å². The van der Waals surface area contributed by atoms with Crippen LogP contribution < -0.4 is 20.3 Å². The first kappa shape index (κ1) is 20.0. The van der Waals surface area contributed by atoms with Crippen LogP contribution in [0.4, 0.5) is 0 Å². The largest absolute Gasteiger partial charge is 0.493 e. The van der Waals surface area contributed by atoms with Crippen molar-refractivity contribution < 1.29 is 23.9 Å². The van der Waals surface area contributed by atoms with Crippen LogP contribution in [0.3, 0.4) is 0 Å². The summed E-state index contributed by atoms with van der Waals surface area (Å²) in [7, 11) is 1.50. The Morgan fingerprint density at radius 1 is 1.04 bits per heavy atom. The van der Waals surface area contributed by atoms with Crippen molar-refractivity contribution in [3.05, 3.63) is 23.8 Å². The van der Waals surface area contributed by atoms with Gasteiger partial charge in [-0.15, -0.1) is 0 Å². The molecule has 2 N–H and O–H groups in total. The number of hydrogen-bond donors (Lipinski definition) is 2. The van der Waals surface area contributed by atoms with Gasteiger partial charge >= 0.3 is 0 Å². The van der Waals surface area contributed by atoms with Crippen molar-refractivity contribution in [1.29, 1.82) is 0 Å². The van der Waals surface area contributed by atoms with Crippen molar-refractivity contribution >= 4 is 17.7 Å². The van der Waals surface area contributed by atoms with E-state index in [1.807, 2.05) is 11.8 Å². The van der Waals surface area contributed by atoms with Crippen LogP contribution in [0, 0.1) is 11.8 Å². The Morgan fingerprint density at radius 3 is 2.36 bits per heavy atom. The second-order valence-electron chi connectivity index (χ2n) is 7.12. The van der Waals surface area contributed by atoms with Gasteiger partial charge in [0.1, 0.15) is 0 Å². The highest BCUT2D eigenvalue weighted by molar-refractivity contribution is 5.96. The first-order chi connectivity index (χ1) is 13.5. The maximum Gasteiger partial charge on any atom is 0.269 e. The highest BCUT2D eigenvalue weighted by Crippen LogP contribution is 2.32. The van der Waals surface area contributed by atoms with Crippen molar-refractivity contribution in [2.75, 3.05) is 26.8 Å². The third kappa shape index (κ3) is 4.74. The van der Waals surface area contributed by atoms with Crippen molar-refractivity contribution in [3.8, 4) is 11.5 Å². The topological polar surface area (TPSA) is 97.0 Å². The molecule has 8 nitrogen and oxygen atoms in total. The molecule has 0 radical (unpaired) electrons. The molecule has 0 unspecified atom stereocenters. The van der Waals surface area contributed by atoms with Gasteiger partial charge in [0.2, 0.25) is 11.8 Å². The molecule has 0 spiro atoms. The monoisotopic (exact) mass is 389 g/mol. The molecular weight excluding hydrogens is 362 g/mol. The van der Waals surface area contributed by atoms with Gasteiger partial charge in [-0.1, -0.05) is 0 Å². The number of hydrazine groups is 1. The number of amides is 3. The summed E-state index contributed by atoms with van der Waals surface area (Å²) in [5.41, 5.74) is 5.29. The van der Waals surface area contributed by atoms with Crippen LogP contribution in [0.1, 0.15) is 43.0 Å². The smallest absolute Gasteiger partial charge is 0.269 e. The van der Waals surface area contributed by atoms with E-state index in [2.05, 4.69) is 10.9 Å².